The van der Waals surface area contributed by atoms with E-state index in [1.165, 1.54) is 13.8 Å². The highest BCUT2D eigenvalue weighted by Crippen LogP contribution is 2.12. The summed E-state index contributed by atoms with van der Waals surface area (Å²) in [5.74, 6) is -8.20. The Morgan fingerprint density at radius 1 is 0.494 bits per heavy atom. The molecule has 0 aliphatic heterocycles. The molecule has 0 radical (unpaired) electrons. The fourth-order valence-electron chi connectivity index (χ4n) is 7.87. The van der Waals surface area contributed by atoms with Gasteiger partial charge in [-0.3, -0.25) is 52.9 Å². The van der Waals surface area contributed by atoms with E-state index in [0.29, 0.717) is 18.4 Å². The third-order valence-electron chi connectivity index (χ3n) is 12.1. The van der Waals surface area contributed by atoms with E-state index in [1.54, 1.807) is 60.7 Å². The van der Waals surface area contributed by atoms with Crippen LogP contribution in [-0.2, 0) is 60.8 Å². The first-order valence-electron chi connectivity index (χ1n) is 26.5. The standard InChI is InChI=1S/C53H85N15O11/c1-30(2)24-39(65-45(72)32(5)55)51(78)68-42(29-69)47(74)60-28-43(70)62-36(20-13-14-22-54)48(75)61-33(6)46(73)66-41(27-35-18-11-8-12-19-35)52(79)67-40(25-31(3)4)50(77)63-37(21-15-23-59-53(57)58)49(76)64-38(44(56)71)26-34-16-9-7-10-17-34/h7-12,16-19,30-33,36-42,69H,13-15,20-29,54-55H2,1-6H3,(H2,56,71)(H,60,74)(H,61,75)(H,62,70)(H,63,77)(H,64,76)(H,65,72)(H,66,73)(H,67,79)(H,68,78)(H4,57,58,59)/t32-,33-,36-,37-,38-,39-,40-,41-,42-/m0/s1. The highest BCUT2D eigenvalue weighted by Gasteiger charge is 2.34. The van der Waals surface area contributed by atoms with Crippen LogP contribution in [-0.4, -0.2) is 151 Å². The Hall–Kier alpha value is -7.71. The van der Waals surface area contributed by atoms with Gasteiger partial charge in [-0.05, 0) is 88.3 Å². The molecule has 0 saturated heterocycles. The third kappa shape index (κ3) is 26.5. The zero-order valence-corrected chi connectivity index (χ0v) is 46.2. The first kappa shape index (κ1) is 67.4. The maximum Gasteiger partial charge on any atom is 0.245 e. The number of aliphatic hydroxyl groups excluding tert-OH is 1. The zero-order chi connectivity index (χ0) is 59.2. The molecule has 0 saturated carbocycles. The number of nitrogens with one attached hydrogen (secondary N) is 9. The predicted octanol–water partition coefficient (Wildman–Crippen LogP) is -3.41. The number of carbonyl (C=O) groups excluding carboxylic acids is 10. The number of aliphatic imine (C=N–C) groups is 1. The number of primary amides is 1. The molecule has 0 bridgehead atoms. The maximum absolute atomic E-state index is 14.3. The van der Waals surface area contributed by atoms with Crippen molar-refractivity contribution in [1.29, 1.82) is 0 Å². The van der Waals surface area contributed by atoms with E-state index in [2.05, 4.69) is 52.8 Å². The van der Waals surface area contributed by atoms with Gasteiger partial charge in [0.1, 0.15) is 48.3 Å². The Morgan fingerprint density at radius 3 is 1.42 bits per heavy atom. The van der Waals surface area contributed by atoms with Gasteiger partial charge in [0.2, 0.25) is 59.1 Å². The van der Waals surface area contributed by atoms with Crippen LogP contribution in [0.5, 0.6) is 0 Å². The first-order valence-corrected chi connectivity index (χ1v) is 26.5. The van der Waals surface area contributed by atoms with Gasteiger partial charge in [-0.1, -0.05) is 88.4 Å². The maximum atomic E-state index is 14.3. The molecule has 0 heterocycles. The summed E-state index contributed by atoms with van der Waals surface area (Å²) in [5.41, 5.74) is 29.4. The Balaban J connectivity index is 2.29. The predicted molar refractivity (Wildman–Crippen MR) is 296 cm³/mol. The van der Waals surface area contributed by atoms with Crippen LogP contribution in [0.25, 0.3) is 0 Å². The number of benzene rings is 2. The molecule has 0 spiro atoms. The summed E-state index contributed by atoms with van der Waals surface area (Å²) in [6.45, 7) is 8.88. The largest absolute Gasteiger partial charge is 0.394 e. The summed E-state index contributed by atoms with van der Waals surface area (Å²) in [5, 5.41) is 33.1. The monoisotopic (exact) mass is 1110 g/mol. The van der Waals surface area contributed by atoms with Gasteiger partial charge in [0.15, 0.2) is 5.96 Å². The summed E-state index contributed by atoms with van der Waals surface area (Å²) in [4.78, 5) is 138. The number of amides is 10. The van der Waals surface area contributed by atoms with Gasteiger partial charge in [-0.2, -0.15) is 0 Å². The average Bonchev–Trinajstić information content (AvgIpc) is 3.39. The molecule has 2 rings (SSSR count). The van der Waals surface area contributed by atoms with Crippen LogP contribution in [0.4, 0.5) is 0 Å². The van der Waals surface area contributed by atoms with Crippen LogP contribution in [0.1, 0.15) is 97.6 Å². The average molecular weight is 1110 g/mol. The number of nitrogens with two attached hydrogens (primary N) is 5. The van der Waals surface area contributed by atoms with Gasteiger partial charge in [-0.25, -0.2) is 0 Å². The fraction of sp³-hybridized carbons (Fsp3) is 0.566. The minimum Gasteiger partial charge on any atom is -0.394 e. The van der Waals surface area contributed by atoms with Crippen molar-refractivity contribution in [3.05, 3.63) is 71.8 Å². The molecule has 0 unspecified atom stereocenters. The summed E-state index contributed by atoms with van der Waals surface area (Å²) in [7, 11) is 0. The lowest BCUT2D eigenvalue weighted by atomic mass is 10.00. The second-order valence-corrected chi connectivity index (χ2v) is 20.2. The molecule has 20 N–H and O–H groups in total. The van der Waals surface area contributed by atoms with Crippen molar-refractivity contribution in [2.75, 3.05) is 26.2 Å². The molecule has 0 aromatic heterocycles. The SMILES string of the molecule is CC(C)C[C@H](NC(=O)[C@H](C)N)C(=O)N[C@@H](CO)C(=O)NCC(=O)N[C@@H](CCCCN)C(=O)N[C@@H](C)C(=O)N[C@@H](Cc1ccccc1)C(=O)N[C@@H](CC(C)C)C(=O)N[C@@H](CCCN=C(N)N)C(=O)N[C@@H](Cc1ccccc1)C(N)=O. The van der Waals surface area contributed by atoms with Crippen molar-refractivity contribution in [2.45, 2.75) is 154 Å². The number of hydrogen-bond donors (Lipinski definition) is 15. The number of unbranched alkanes of at least 4 members (excludes halogenated alkanes) is 1. The molecule has 0 aliphatic carbocycles. The minimum absolute atomic E-state index is 0.0167. The molecule has 26 heteroatoms. The lowest BCUT2D eigenvalue weighted by molar-refractivity contribution is -0.135. The lowest BCUT2D eigenvalue weighted by Crippen LogP contribution is -2.60. The van der Waals surface area contributed by atoms with Gasteiger partial charge < -0.3 is 81.6 Å². The molecule has 2 aromatic rings. The van der Waals surface area contributed by atoms with Gasteiger partial charge in [0.05, 0.1) is 19.2 Å². The Morgan fingerprint density at radius 2 is 0.924 bits per heavy atom. The van der Waals surface area contributed by atoms with Crippen LogP contribution in [0, 0.1) is 11.8 Å². The zero-order valence-electron chi connectivity index (χ0n) is 46.2. The summed E-state index contributed by atoms with van der Waals surface area (Å²) in [6.07, 6.45) is 1.44. The van der Waals surface area contributed by atoms with Crippen molar-refractivity contribution in [1.82, 2.24) is 47.9 Å². The van der Waals surface area contributed by atoms with Crippen LogP contribution in [0.15, 0.2) is 65.7 Å². The quantitative estimate of drug-likeness (QED) is 0.0180. The number of nitrogens with zero attached hydrogens (tertiary/aromatic N) is 1. The van der Waals surface area contributed by atoms with Crippen molar-refractivity contribution < 1.29 is 53.1 Å². The lowest BCUT2D eigenvalue weighted by Gasteiger charge is -2.28. The highest BCUT2D eigenvalue weighted by atomic mass is 16.3. The Labute approximate surface area is 461 Å². The Bertz CT molecular complexity index is 2340. The summed E-state index contributed by atoms with van der Waals surface area (Å²) < 4.78 is 0. The molecule has 26 nitrogen and oxygen atoms in total. The molecule has 0 aliphatic rings. The van der Waals surface area contributed by atoms with E-state index in [-0.39, 0.29) is 75.8 Å². The smallest absolute Gasteiger partial charge is 0.245 e. The fourth-order valence-corrected chi connectivity index (χ4v) is 7.87. The van der Waals surface area contributed by atoms with Crippen molar-refractivity contribution in [3.63, 3.8) is 0 Å². The van der Waals surface area contributed by atoms with Crippen LogP contribution >= 0.6 is 0 Å². The van der Waals surface area contributed by atoms with Crippen molar-refractivity contribution >= 4 is 65.0 Å². The molecule has 0 fully saturated rings. The molecule has 2 aromatic carbocycles. The van der Waals surface area contributed by atoms with Crippen LogP contribution in [0.2, 0.25) is 0 Å². The van der Waals surface area contributed by atoms with E-state index >= 15 is 0 Å². The topological polar surface area (TPSA) is 442 Å². The van der Waals surface area contributed by atoms with Crippen LogP contribution in [0.3, 0.4) is 0 Å². The van der Waals surface area contributed by atoms with Gasteiger partial charge in [-0.15, -0.1) is 0 Å². The molecule has 9 atom stereocenters. The second kappa shape index (κ2) is 35.7. The number of guanidine groups is 1. The van der Waals surface area contributed by atoms with E-state index in [4.69, 9.17) is 28.7 Å². The molecular formula is C53H85N15O11. The van der Waals surface area contributed by atoms with Gasteiger partial charge >= 0.3 is 0 Å². The normalized spacial score (nSPS) is 14.5. The molecule has 438 valence electrons. The summed E-state index contributed by atoms with van der Waals surface area (Å²) >= 11 is 0. The van der Waals surface area contributed by atoms with Crippen molar-refractivity contribution in [3.8, 4) is 0 Å². The van der Waals surface area contributed by atoms with E-state index < -0.39 is 127 Å². The third-order valence-corrected chi connectivity index (χ3v) is 12.1. The van der Waals surface area contributed by atoms with Gasteiger partial charge in [0, 0.05) is 19.4 Å². The molecule has 79 heavy (non-hydrogen) atoms. The number of rotatable bonds is 36. The minimum atomic E-state index is -1.52. The van der Waals surface area contributed by atoms with Crippen LogP contribution < -0.4 is 76.5 Å². The number of aliphatic hydroxyl groups is 1. The molecule has 10 amide bonds. The van der Waals surface area contributed by atoms with E-state index in [0.717, 1.165) is 5.56 Å². The highest BCUT2D eigenvalue weighted by molar-refractivity contribution is 5.98. The van der Waals surface area contributed by atoms with Gasteiger partial charge in [0.25, 0.3) is 0 Å². The Kier molecular flexibility index (Phi) is 30.4. The second-order valence-electron chi connectivity index (χ2n) is 20.2. The van der Waals surface area contributed by atoms with Crippen molar-refractivity contribution in [2.24, 2.45) is 45.5 Å². The number of carbonyl (C=O) groups is 10. The first-order chi connectivity index (χ1) is 37.3. The number of hydrogen-bond acceptors (Lipinski definition) is 14. The van der Waals surface area contributed by atoms with E-state index in [1.807, 2.05) is 27.7 Å². The molecular weight excluding hydrogens is 1020 g/mol. The summed E-state index contributed by atoms with van der Waals surface area (Å²) in [6, 6.07) is 6.52. The van der Waals surface area contributed by atoms with E-state index in [9.17, 15) is 53.1 Å².